The number of rotatable bonds is 4. The Kier molecular flexibility index (Phi) is 4.71. The molecule has 106 valence electrons. The summed E-state index contributed by atoms with van der Waals surface area (Å²) < 4.78 is 6.77. The van der Waals surface area contributed by atoms with Crippen LogP contribution < -0.4 is 10.5 Å². The minimum absolute atomic E-state index is 0.506. The minimum Gasteiger partial charge on any atom is -0.489 e. The fourth-order valence-electron chi connectivity index (χ4n) is 2.26. The number of aryl methyl sites for hydroxylation is 1. The quantitative estimate of drug-likeness (QED) is 0.795. The topological polar surface area (TPSA) is 35.2 Å². The predicted molar refractivity (Wildman–Crippen MR) is 88.2 cm³/mol. The molecule has 3 heteroatoms. The smallest absolute Gasteiger partial charge is 0.120 e. The number of benzene rings is 2. The summed E-state index contributed by atoms with van der Waals surface area (Å²) in [7, 11) is 0. The molecule has 0 radical (unpaired) electrons. The van der Waals surface area contributed by atoms with Gasteiger partial charge in [0.25, 0.3) is 0 Å². The first-order valence-corrected chi connectivity index (χ1v) is 7.54. The molecule has 2 aromatic rings. The lowest BCUT2D eigenvalue weighted by Crippen LogP contribution is -2.00. The third-order valence-electron chi connectivity index (χ3n) is 3.37. The molecule has 0 aliphatic heterocycles. The Morgan fingerprint density at radius 3 is 2.60 bits per heavy atom. The summed E-state index contributed by atoms with van der Waals surface area (Å²) >= 11 is 3.49. The van der Waals surface area contributed by atoms with E-state index in [1.165, 1.54) is 11.1 Å². The monoisotopic (exact) mass is 333 g/mol. The van der Waals surface area contributed by atoms with Crippen LogP contribution in [-0.2, 0) is 6.61 Å². The normalized spacial score (nSPS) is 10.8. The lowest BCUT2D eigenvalue weighted by Gasteiger charge is -2.13. The van der Waals surface area contributed by atoms with Gasteiger partial charge in [-0.15, -0.1) is 0 Å². The third kappa shape index (κ3) is 3.34. The van der Waals surface area contributed by atoms with Gasteiger partial charge in [-0.1, -0.05) is 32.0 Å². The maximum absolute atomic E-state index is 5.86. The molecule has 0 bridgehead atoms. The number of hydrogen-bond acceptors (Lipinski definition) is 2. The first-order chi connectivity index (χ1) is 9.49. The van der Waals surface area contributed by atoms with Gasteiger partial charge in [-0.2, -0.15) is 0 Å². The number of ether oxygens (including phenoxy) is 1. The molecule has 0 aliphatic rings. The van der Waals surface area contributed by atoms with Crippen molar-refractivity contribution in [2.24, 2.45) is 0 Å². The Balaban J connectivity index is 2.11. The second-order valence-electron chi connectivity index (χ2n) is 5.28. The molecule has 0 saturated heterocycles. The van der Waals surface area contributed by atoms with Crippen LogP contribution in [0, 0.1) is 6.92 Å². The van der Waals surface area contributed by atoms with Crippen LogP contribution in [0.4, 0.5) is 5.69 Å². The van der Waals surface area contributed by atoms with E-state index in [-0.39, 0.29) is 0 Å². The van der Waals surface area contributed by atoms with Crippen molar-refractivity contribution >= 4 is 21.6 Å². The highest BCUT2D eigenvalue weighted by atomic mass is 79.9. The summed E-state index contributed by atoms with van der Waals surface area (Å²) in [6, 6.07) is 12.1. The molecule has 0 unspecified atom stereocenters. The first kappa shape index (κ1) is 14.9. The van der Waals surface area contributed by atoms with E-state index in [0.29, 0.717) is 12.5 Å². The van der Waals surface area contributed by atoms with E-state index in [2.05, 4.69) is 48.8 Å². The Morgan fingerprint density at radius 1 is 1.20 bits per heavy atom. The van der Waals surface area contributed by atoms with Crippen LogP contribution in [0.15, 0.2) is 40.9 Å². The summed E-state index contributed by atoms with van der Waals surface area (Å²) in [5, 5.41) is 0. The molecule has 2 nitrogen and oxygen atoms in total. The van der Waals surface area contributed by atoms with Gasteiger partial charge in [-0.05, 0) is 58.1 Å². The zero-order valence-corrected chi connectivity index (χ0v) is 13.7. The zero-order valence-electron chi connectivity index (χ0n) is 12.1. The van der Waals surface area contributed by atoms with Gasteiger partial charge in [0, 0.05) is 15.7 Å². The molecule has 0 saturated carbocycles. The van der Waals surface area contributed by atoms with E-state index < -0.39 is 0 Å². The summed E-state index contributed by atoms with van der Waals surface area (Å²) in [5.41, 5.74) is 10.3. The van der Waals surface area contributed by atoms with Crippen LogP contribution >= 0.6 is 15.9 Å². The highest BCUT2D eigenvalue weighted by Gasteiger charge is 2.07. The maximum atomic E-state index is 5.86. The van der Waals surface area contributed by atoms with E-state index >= 15 is 0 Å². The molecule has 0 fully saturated rings. The molecule has 0 atom stereocenters. The number of nitrogens with two attached hydrogens (primary N) is 1. The van der Waals surface area contributed by atoms with Gasteiger partial charge in [0.15, 0.2) is 0 Å². The van der Waals surface area contributed by atoms with Gasteiger partial charge >= 0.3 is 0 Å². The van der Waals surface area contributed by atoms with Crippen molar-refractivity contribution in [2.75, 3.05) is 5.73 Å². The summed E-state index contributed by atoms with van der Waals surface area (Å²) in [4.78, 5) is 0. The van der Waals surface area contributed by atoms with E-state index in [0.717, 1.165) is 21.5 Å². The van der Waals surface area contributed by atoms with Gasteiger partial charge in [0.1, 0.15) is 12.4 Å². The molecule has 0 amide bonds. The highest BCUT2D eigenvalue weighted by molar-refractivity contribution is 9.10. The number of nitrogen functional groups attached to an aromatic ring is 1. The second-order valence-corrected chi connectivity index (χ2v) is 6.08. The third-order valence-corrected chi connectivity index (χ3v) is 4.33. The zero-order chi connectivity index (χ0) is 14.7. The van der Waals surface area contributed by atoms with E-state index in [9.17, 15) is 0 Å². The van der Waals surface area contributed by atoms with Crippen LogP contribution in [-0.4, -0.2) is 0 Å². The molecule has 0 spiro atoms. The van der Waals surface area contributed by atoms with Gasteiger partial charge < -0.3 is 10.5 Å². The van der Waals surface area contributed by atoms with Crippen LogP contribution in [0.25, 0.3) is 0 Å². The Bertz CT molecular complexity index is 608. The predicted octanol–water partition coefficient (Wildman–Crippen LogP) is 5.04. The van der Waals surface area contributed by atoms with E-state index in [1.807, 2.05) is 24.3 Å². The summed E-state index contributed by atoms with van der Waals surface area (Å²) in [6.45, 7) is 7.03. The first-order valence-electron chi connectivity index (χ1n) is 6.75. The average molecular weight is 334 g/mol. The molecule has 2 N–H and O–H groups in total. The SMILES string of the molecule is Cc1cc(OCc2cccc(N)c2Br)ccc1C(C)C. The van der Waals surface area contributed by atoms with Crippen molar-refractivity contribution in [3.8, 4) is 5.75 Å². The molecular formula is C17H20BrNO. The van der Waals surface area contributed by atoms with Crippen LogP contribution in [0.5, 0.6) is 5.75 Å². The van der Waals surface area contributed by atoms with Gasteiger partial charge in [0.05, 0.1) is 0 Å². The number of anilines is 1. The fourth-order valence-corrected chi connectivity index (χ4v) is 2.64. The Morgan fingerprint density at radius 2 is 1.95 bits per heavy atom. The van der Waals surface area contributed by atoms with Crippen molar-refractivity contribution in [1.29, 1.82) is 0 Å². The van der Waals surface area contributed by atoms with Crippen molar-refractivity contribution in [1.82, 2.24) is 0 Å². The molecule has 0 heterocycles. The molecule has 2 rings (SSSR count). The summed E-state index contributed by atoms with van der Waals surface area (Å²) in [5.74, 6) is 1.42. The lowest BCUT2D eigenvalue weighted by molar-refractivity contribution is 0.305. The lowest BCUT2D eigenvalue weighted by atomic mass is 9.98. The van der Waals surface area contributed by atoms with E-state index in [4.69, 9.17) is 10.5 Å². The van der Waals surface area contributed by atoms with Crippen molar-refractivity contribution < 1.29 is 4.74 Å². The largest absolute Gasteiger partial charge is 0.489 e. The van der Waals surface area contributed by atoms with Gasteiger partial charge in [-0.25, -0.2) is 0 Å². The molecule has 20 heavy (non-hydrogen) atoms. The van der Waals surface area contributed by atoms with Crippen molar-refractivity contribution in [3.05, 3.63) is 57.6 Å². The van der Waals surface area contributed by atoms with Crippen LogP contribution in [0.3, 0.4) is 0 Å². The number of halogens is 1. The standard InChI is InChI=1S/C17H20BrNO/c1-11(2)15-8-7-14(9-12(15)3)20-10-13-5-4-6-16(19)17(13)18/h4-9,11H,10,19H2,1-3H3. The second kappa shape index (κ2) is 6.31. The maximum Gasteiger partial charge on any atom is 0.120 e. The molecule has 0 aliphatic carbocycles. The van der Waals surface area contributed by atoms with Crippen molar-refractivity contribution in [3.63, 3.8) is 0 Å². The van der Waals surface area contributed by atoms with Crippen LogP contribution in [0.2, 0.25) is 0 Å². The Labute approximate surface area is 129 Å². The minimum atomic E-state index is 0.506. The fraction of sp³-hybridized carbons (Fsp3) is 0.294. The highest BCUT2D eigenvalue weighted by Crippen LogP contribution is 2.27. The summed E-state index contributed by atoms with van der Waals surface area (Å²) in [6.07, 6.45) is 0. The molecular weight excluding hydrogens is 314 g/mol. The van der Waals surface area contributed by atoms with Gasteiger partial charge in [-0.3, -0.25) is 0 Å². The van der Waals surface area contributed by atoms with Crippen molar-refractivity contribution in [2.45, 2.75) is 33.3 Å². The molecule has 0 aromatic heterocycles. The van der Waals surface area contributed by atoms with Gasteiger partial charge in [0.2, 0.25) is 0 Å². The Hall–Kier alpha value is -1.48. The number of hydrogen-bond donors (Lipinski definition) is 1. The van der Waals surface area contributed by atoms with E-state index in [1.54, 1.807) is 0 Å². The van der Waals surface area contributed by atoms with Crippen LogP contribution in [0.1, 0.15) is 36.5 Å². The molecule has 2 aromatic carbocycles. The average Bonchev–Trinajstić information content (AvgIpc) is 2.40.